The second kappa shape index (κ2) is 10.3. The van der Waals surface area contributed by atoms with Gasteiger partial charge in [-0.05, 0) is 92.1 Å². The van der Waals surface area contributed by atoms with E-state index in [2.05, 4.69) is 54.6 Å². The zero-order valence-corrected chi connectivity index (χ0v) is 26.4. The molecule has 0 bridgehead atoms. The van der Waals surface area contributed by atoms with Crippen LogP contribution >= 0.6 is 34.0 Å². The van der Waals surface area contributed by atoms with E-state index in [4.69, 9.17) is 29.2 Å². The fraction of sp³-hybridized carbons (Fsp3) is 0.182. The summed E-state index contributed by atoms with van der Waals surface area (Å²) in [6, 6.07) is 19.0. The van der Waals surface area contributed by atoms with Crippen molar-refractivity contribution in [2.24, 2.45) is 0 Å². The van der Waals surface area contributed by atoms with E-state index in [1.165, 1.54) is 0 Å². The predicted molar refractivity (Wildman–Crippen MR) is 176 cm³/mol. The molecule has 0 saturated carbocycles. The number of nitrogens with zero attached hydrogens (tertiary/aromatic N) is 3. The van der Waals surface area contributed by atoms with E-state index in [1.54, 1.807) is 55.3 Å². The monoisotopic (exact) mass is 609 g/mol. The molecule has 4 aromatic carbocycles. The highest BCUT2D eigenvalue weighted by Crippen LogP contribution is 2.42. The number of hydrogen-bond acceptors (Lipinski definition) is 9. The summed E-state index contributed by atoms with van der Waals surface area (Å²) >= 11 is 4.99. The van der Waals surface area contributed by atoms with E-state index in [0.717, 1.165) is 96.3 Å². The first-order chi connectivity index (χ1) is 20.3. The molecule has 0 saturated heterocycles. The minimum Gasteiger partial charge on any atom is -0.496 e. The van der Waals surface area contributed by atoms with Crippen LogP contribution in [-0.2, 0) is 0 Å². The van der Waals surface area contributed by atoms with Crippen molar-refractivity contribution in [2.45, 2.75) is 20.8 Å². The van der Waals surface area contributed by atoms with Crippen LogP contribution in [0.3, 0.4) is 0 Å². The summed E-state index contributed by atoms with van der Waals surface area (Å²) in [6.07, 6.45) is 0. The third-order valence-electron chi connectivity index (χ3n) is 7.39. The molecule has 3 heterocycles. The lowest BCUT2D eigenvalue weighted by molar-refractivity contribution is 0.412. The summed E-state index contributed by atoms with van der Waals surface area (Å²) in [6.45, 7) is 6.14. The molecule has 3 aromatic heterocycles. The van der Waals surface area contributed by atoms with Gasteiger partial charge in [0.05, 0.1) is 52.0 Å². The first kappa shape index (κ1) is 26.8. The third kappa shape index (κ3) is 4.58. The molecule has 0 N–H and O–H groups in total. The number of thiazole rings is 3. The van der Waals surface area contributed by atoms with Crippen molar-refractivity contribution in [1.29, 1.82) is 0 Å². The molecule has 0 amide bonds. The van der Waals surface area contributed by atoms with Gasteiger partial charge >= 0.3 is 0 Å². The van der Waals surface area contributed by atoms with E-state index in [1.807, 2.05) is 20.8 Å². The number of benzene rings is 4. The lowest BCUT2D eigenvalue weighted by atomic mass is 10.1. The number of aromatic nitrogens is 3. The first-order valence-corrected chi connectivity index (χ1v) is 15.8. The van der Waals surface area contributed by atoms with Gasteiger partial charge in [-0.2, -0.15) is 0 Å². The first-order valence-electron chi connectivity index (χ1n) is 13.3. The van der Waals surface area contributed by atoms with Gasteiger partial charge in [0.1, 0.15) is 32.3 Å². The summed E-state index contributed by atoms with van der Waals surface area (Å²) in [7, 11) is 5.11. The van der Waals surface area contributed by atoms with Crippen molar-refractivity contribution < 1.29 is 14.2 Å². The maximum Gasteiger partial charge on any atom is 0.124 e. The Morgan fingerprint density at radius 2 is 0.714 bits per heavy atom. The van der Waals surface area contributed by atoms with E-state index < -0.39 is 0 Å². The zero-order chi connectivity index (χ0) is 29.1. The van der Waals surface area contributed by atoms with Gasteiger partial charge in [-0.25, -0.2) is 15.0 Å². The molecule has 0 aliphatic carbocycles. The van der Waals surface area contributed by atoms with Crippen molar-refractivity contribution in [3.05, 3.63) is 71.3 Å². The van der Waals surface area contributed by atoms with Crippen molar-refractivity contribution in [1.82, 2.24) is 15.0 Å². The van der Waals surface area contributed by atoms with Crippen LogP contribution in [0, 0.1) is 20.8 Å². The highest BCUT2D eigenvalue weighted by molar-refractivity contribution is 7.22. The van der Waals surface area contributed by atoms with Gasteiger partial charge in [0.15, 0.2) is 0 Å². The van der Waals surface area contributed by atoms with E-state index in [9.17, 15) is 0 Å². The fourth-order valence-corrected chi connectivity index (χ4v) is 8.10. The molecule has 42 heavy (non-hydrogen) atoms. The number of fused-ring (bicyclic) bond motifs is 3. The van der Waals surface area contributed by atoms with Gasteiger partial charge in [-0.15, -0.1) is 34.0 Å². The summed E-state index contributed by atoms with van der Waals surface area (Å²) in [5.41, 5.74) is 9.18. The lowest BCUT2D eigenvalue weighted by Crippen LogP contribution is -1.87. The van der Waals surface area contributed by atoms with Crippen molar-refractivity contribution in [3.8, 4) is 49.0 Å². The highest BCUT2D eigenvalue weighted by Gasteiger charge is 2.17. The molecule has 6 nitrogen and oxygen atoms in total. The Morgan fingerprint density at radius 1 is 0.429 bits per heavy atom. The van der Waals surface area contributed by atoms with Gasteiger partial charge < -0.3 is 14.2 Å². The normalized spacial score (nSPS) is 11.6. The molecule has 9 heteroatoms. The molecule has 0 spiro atoms. The summed E-state index contributed by atoms with van der Waals surface area (Å²) < 4.78 is 20.0. The highest BCUT2D eigenvalue weighted by atomic mass is 32.1. The second-order valence-corrected chi connectivity index (χ2v) is 13.3. The molecular formula is C33H27N3O3S3. The van der Waals surface area contributed by atoms with Crippen LogP contribution in [0.1, 0.15) is 16.7 Å². The van der Waals surface area contributed by atoms with Crippen LogP contribution < -0.4 is 14.2 Å². The second-order valence-electron chi connectivity index (χ2n) is 10.2. The van der Waals surface area contributed by atoms with Crippen LogP contribution in [-0.4, -0.2) is 36.3 Å². The maximum absolute atomic E-state index is 5.58. The van der Waals surface area contributed by atoms with E-state index >= 15 is 0 Å². The molecule has 210 valence electrons. The molecule has 0 unspecified atom stereocenters. The minimum atomic E-state index is 0.868. The number of rotatable bonds is 6. The zero-order valence-electron chi connectivity index (χ0n) is 24.0. The quantitative estimate of drug-likeness (QED) is 0.187. The smallest absolute Gasteiger partial charge is 0.124 e. The summed E-state index contributed by atoms with van der Waals surface area (Å²) in [5.74, 6) is 2.60. The molecule has 0 aliphatic rings. The number of methoxy groups -OCH3 is 3. The Kier molecular flexibility index (Phi) is 6.61. The van der Waals surface area contributed by atoms with E-state index in [-0.39, 0.29) is 0 Å². The average molecular weight is 610 g/mol. The van der Waals surface area contributed by atoms with E-state index in [0.29, 0.717) is 0 Å². The van der Waals surface area contributed by atoms with Crippen LogP contribution in [0.15, 0.2) is 54.6 Å². The topological polar surface area (TPSA) is 66.4 Å². The molecule has 0 atom stereocenters. The molecule has 0 aliphatic heterocycles. The predicted octanol–water partition coefficient (Wildman–Crippen LogP) is 9.47. The Hall–Kier alpha value is -4.05. The standard InChI is InChI=1S/C33H27N3O3S3/c1-16-7-22-28(13-25(16)37-4)40-31(34-22)19-10-20(32-35-23-8-17(2)26(38-5)14-29(23)41-32)12-21(11-19)33-36-24-9-18(3)27(39-6)15-30(24)42-33/h7-15H,1-6H3. The van der Waals surface area contributed by atoms with Crippen LogP contribution in [0.4, 0.5) is 0 Å². The van der Waals surface area contributed by atoms with Gasteiger partial charge in [0.25, 0.3) is 0 Å². The SMILES string of the molecule is COc1cc2sc(-c3cc(-c4nc5cc(C)c(OC)cc5s4)cc(-c4nc5cc(C)c(OC)cc5s4)c3)nc2cc1C. The van der Waals surface area contributed by atoms with Gasteiger partial charge in [-0.3, -0.25) is 0 Å². The average Bonchev–Trinajstić information content (AvgIpc) is 3.71. The molecule has 0 fully saturated rings. The Bertz CT molecular complexity index is 1900. The van der Waals surface area contributed by atoms with Crippen LogP contribution in [0.25, 0.3) is 62.4 Å². The Morgan fingerprint density at radius 3 is 0.976 bits per heavy atom. The van der Waals surface area contributed by atoms with Gasteiger partial charge in [-0.1, -0.05) is 0 Å². The number of ether oxygens (including phenoxy) is 3. The van der Waals surface area contributed by atoms with Crippen molar-refractivity contribution in [3.63, 3.8) is 0 Å². The largest absolute Gasteiger partial charge is 0.496 e. The molecule has 7 aromatic rings. The Labute approximate surface area is 255 Å². The minimum absolute atomic E-state index is 0.868. The summed E-state index contributed by atoms with van der Waals surface area (Å²) in [4.78, 5) is 15.1. The van der Waals surface area contributed by atoms with Crippen LogP contribution in [0.2, 0.25) is 0 Å². The number of hydrogen-bond donors (Lipinski definition) is 0. The number of aryl methyl sites for hydroxylation is 3. The Balaban J connectivity index is 1.43. The third-order valence-corrected chi connectivity index (χ3v) is 10.6. The van der Waals surface area contributed by atoms with Crippen molar-refractivity contribution in [2.75, 3.05) is 21.3 Å². The fourth-order valence-electron chi connectivity index (χ4n) is 5.21. The molecular weight excluding hydrogens is 583 g/mol. The van der Waals surface area contributed by atoms with Gasteiger partial charge in [0.2, 0.25) is 0 Å². The maximum atomic E-state index is 5.58. The molecule has 7 rings (SSSR count). The summed E-state index contributed by atoms with van der Waals surface area (Å²) in [5, 5.41) is 2.83. The van der Waals surface area contributed by atoms with Crippen molar-refractivity contribution >= 4 is 64.7 Å². The molecule has 0 radical (unpaired) electrons. The lowest BCUT2D eigenvalue weighted by Gasteiger charge is -2.05. The van der Waals surface area contributed by atoms with Crippen LogP contribution in [0.5, 0.6) is 17.2 Å². The van der Waals surface area contributed by atoms with Gasteiger partial charge in [0, 0.05) is 16.7 Å².